The van der Waals surface area contributed by atoms with Crippen LogP contribution in [0.1, 0.15) is 44.7 Å². The third-order valence-corrected chi connectivity index (χ3v) is 6.41. The first-order valence-corrected chi connectivity index (χ1v) is 13.3. The van der Waals surface area contributed by atoms with E-state index in [1.807, 2.05) is 36.4 Å². The monoisotopic (exact) mass is 551 g/mol. The van der Waals surface area contributed by atoms with Gasteiger partial charge in [0.2, 0.25) is 11.8 Å². The van der Waals surface area contributed by atoms with Gasteiger partial charge in [0.15, 0.2) is 0 Å². The summed E-state index contributed by atoms with van der Waals surface area (Å²) in [6, 6.07) is 15.1. The number of hydrogen-bond donors (Lipinski definition) is 2. The lowest BCUT2D eigenvalue weighted by Gasteiger charge is -2.30. The maximum absolute atomic E-state index is 13.8. The number of carbonyl (C=O) groups excluding carboxylic acids is 5. The zero-order valence-electron chi connectivity index (χ0n) is 23.3. The highest BCUT2D eigenvalue weighted by Gasteiger charge is 2.40. The molecule has 1 unspecified atom stereocenters. The van der Waals surface area contributed by atoms with E-state index in [0.717, 1.165) is 18.2 Å². The number of ether oxygens (including phenoxy) is 2. The van der Waals surface area contributed by atoms with Crippen LogP contribution in [0.5, 0.6) is 0 Å². The number of amides is 3. The number of nitrogens with zero attached hydrogens (tertiary/aromatic N) is 1. The Hall–Kier alpha value is -4.21. The number of Topliss-reactive ketones (excluding diaryl/α,β-unsaturated/α-hetero) is 1. The highest BCUT2D eigenvalue weighted by Crippen LogP contribution is 2.21. The van der Waals surface area contributed by atoms with E-state index < -0.39 is 53.4 Å². The summed E-state index contributed by atoms with van der Waals surface area (Å²) in [4.78, 5) is 66.0. The fourth-order valence-electron chi connectivity index (χ4n) is 4.57. The summed E-state index contributed by atoms with van der Waals surface area (Å²) in [6.45, 7) is 5.47. The Morgan fingerprint density at radius 1 is 0.875 bits per heavy atom. The summed E-state index contributed by atoms with van der Waals surface area (Å²) in [6.07, 6.45) is 0.461. The predicted molar refractivity (Wildman–Crippen MR) is 147 cm³/mol. The smallest absolute Gasteiger partial charge is 0.408 e. The van der Waals surface area contributed by atoms with Crippen LogP contribution >= 0.6 is 0 Å². The van der Waals surface area contributed by atoms with Gasteiger partial charge in [-0.15, -0.1) is 0 Å². The number of hydrogen-bond acceptors (Lipinski definition) is 7. The van der Waals surface area contributed by atoms with Crippen molar-refractivity contribution in [3.8, 4) is 0 Å². The van der Waals surface area contributed by atoms with Crippen LogP contribution < -0.4 is 10.6 Å². The van der Waals surface area contributed by atoms with Gasteiger partial charge in [0.05, 0.1) is 7.11 Å². The largest absolute Gasteiger partial charge is 0.463 e. The number of likely N-dealkylation sites (tertiary alicyclic amines) is 1. The van der Waals surface area contributed by atoms with E-state index >= 15 is 0 Å². The Balaban J connectivity index is 1.79. The van der Waals surface area contributed by atoms with E-state index in [9.17, 15) is 24.0 Å². The van der Waals surface area contributed by atoms with Crippen molar-refractivity contribution in [2.75, 3.05) is 13.7 Å². The highest BCUT2D eigenvalue weighted by atomic mass is 16.6. The van der Waals surface area contributed by atoms with Crippen molar-refractivity contribution in [1.29, 1.82) is 0 Å². The van der Waals surface area contributed by atoms with Crippen LogP contribution in [0.2, 0.25) is 0 Å². The lowest BCUT2D eigenvalue weighted by molar-refractivity contribution is -0.153. The number of carbonyl (C=O) groups is 5. The Morgan fingerprint density at radius 2 is 1.43 bits per heavy atom. The molecule has 1 heterocycles. The molecule has 0 spiro atoms. The summed E-state index contributed by atoms with van der Waals surface area (Å²) >= 11 is 0. The molecule has 0 aromatic heterocycles. The molecule has 1 fully saturated rings. The zero-order valence-corrected chi connectivity index (χ0v) is 23.3. The molecule has 0 saturated carbocycles. The van der Waals surface area contributed by atoms with E-state index in [4.69, 9.17) is 4.74 Å². The molecule has 10 heteroatoms. The molecule has 3 rings (SSSR count). The van der Waals surface area contributed by atoms with E-state index in [2.05, 4.69) is 15.4 Å². The lowest BCUT2D eigenvalue weighted by atomic mass is 10.0. The maximum Gasteiger partial charge on any atom is 0.408 e. The number of esters is 1. The van der Waals surface area contributed by atoms with Gasteiger partial charge >= 0.3 is 12.1 Å². The van der Waals surface area contributed by atoms with Crippen molar-refractivity contribution in [1.82, 2.24) is 15.5 Å². The SMILES string of the molecule is COC(=O)C(=O)C(Cc1ccccc1)NC(=O)[C@@H]1CCCN1C(=O)[C@H](Cc1ccccc1)NC(=O)OC(C)(C)C. The van der Waals surface area contributed by atoms with Crippen molar-refractivity contribution in [2.45, 2.75) is 70.2 Å². The summed E-state index contributed by atoms with van der Waals surface area (Å²) in [5, 5.41) is 5.35. The van der Waals surface area contributed by atoms with Crippen LogP contribution in [-0.4, -0.2) is 71.9 Å². The van der Waals surface area contributed by atoms with Gasteiger partial charge in [-0.2, -0.15) is 0 Å². The molecule has 0 aliphatic carbocycles. The van der Waals surface area contributed by atoms with Crippen LogP contribution in [-0.2, 0) is 41.5 Å². The summed E-state index contributed by atoms with van der Waals surface area (Å²) in [7, 11) is 1.10. The van der Waals surface area contributed by atoms with Crippen molar-refractivity contribution in [3.63, 3.8) is 0 Å². The van der Waals surface area contributed by atoms with Gasteiger partial charge in [0, 0.05) is 19.4 Å². The van der Waals surface area contributed by atoms with Gasteiger partial charge in [-0.1, -0.05) is 60.7 Å². The van der Waals surface area contributed by atoms with Crippen LogP contribution in [0.3, 0.4) is 0 Å². The third-order valence-electron chi connectivity index (χ3n) is 6.41. The van der Waals surface area contributed by atoms with Gasteiger partial charge in [0.25, 0.3) is 5.78 Å². The first-order chi connectivity index (χ1) is 19.0. The second-order valence-corrected chi connectivity index (χ2v) is 10.7. The average Bonchev–Trinajstić information content (AvgIpc) is 3.41. The van der Waals surface area contributed by atoms with E-state index in [0.29, 0.717) is 19.4 Å². The number of rotatable bonds is 10. The molecule has 3 atom stereocenters. The molecule has 214 valence electrons. The molecule has 1 saturated heterocycles. The third kappa shape index (κ3) is 8.65. The van der Waals surface area contributed by atoms with Gasteiger partial charge in [-0.3, -0.25) is 14.4 Å². The summed E-state index contributed by atoms with van der Waals surface area (Å²) in [5.41, 5.74) is 0.804. The molecule has 1 aliphatic rings. The lowest BCUT2D eigenvalue weighted by Crippen LogP contribution is -2.56. The van der Waals surface area contributed by atoms with Gasteiger partial charge in [0.1, 0.15) is 23.7 Å². The van der Waals surface area contributed by atoms with Crippen molar-refractivity contribution in [2.24, 2.45) is 0 Å². The van der Waals surface area contributed by atoms with Crippen molar-refractivity contribution in [3.05, 3.63) is 71.8 Å². The van der Waals surface area contributed by atoms with Crippen molar-refractivity contribution >= 4 is 29.7 Å². The number of benzene rings is 2. The topological polar surface area (TPSA) is 131 Å². The molecule has 2 aromatic carbocycles. The molecular formula is C30H37N3O7. The first-order valence-electron chi connectivity index (χ1n) is 13.3. The van der Waals surface area contributed by atoms with Crippen LogP contribution in [0, 0.1) is 0 Å². The Morgan fingerprint density at radius 3 is 1.95 bits per heavy atom. The fraction of sp³-hybridized carbons (Fsp3) is 0.433. The molecule has 2 N–H and O–H groups in total. The Bertz CT molecular complexity index is 1190. The molecule has 1 aliphatic heterocycles. The van der Waals surface area contributed by atoms with Gasteiger partial charge in [-0.25, -0.2) is 9.59 Å². The predicted octanol–water partition coefficient (Wildman–Crippen LogP) is 2.58. The van der Waals surface area contributed by atoms with Crippen LogP contribution in [0.4, 0.5) is 4.79 Å². The summed E-state index contributed by atoms with van der Waals surface area (Å²) < 4.78 is 9.98. The van der Waals surface area contributed by atoms with Gasteiger partial charge < -0.3 is 25.0 Å². The van der Waals surface area contributed by atoms with Gasteiger partial charge in [-0.05, 0) is 44.7 Å². The molecule has 2 aromatic rings. The minimum absolute atomic E-state index is 0.0814. The second kappa shape index (κ2) is 13.7. The van der Waals surface area contributed by atoms with Crippen LogP contribution in [0.25, 0.3) is 0 Å². The number of nitrogens with one attached hydrogen (secondary N) is 2. The number of methoxy groups -OCH3 is 1. The Kier molecular flexibility index (Phi) is 10.4. The fourth-order valence-corrected chi connectivity index (χ4v) is 4.57. The second-order valence-electron chi connectivity index (χ2n) is 10.7. The molecular weight excluding hydrogens is 514 g/mol. The highest BCUT2D eigenvalue weighted by molar-refractivity contribution is 6.36. The molecule has 0 bridgehead atoms. The Labute approximate surface area is 234 Å². The van der Waals surface area contributed by atoms with Crippen molar-refractivity contribution < 1.29 is 33.4 Å². The average molecular weight is 552 g/mol. The zero-order chi connectivity index (χ0) is 29.3. The number of alkyl carbamates (subject to hydrolysis) is 1. The van der Waals surface area contributed by atoms with Crippen LogP contribution in [0.15, 0.2) is 60.7 Å². The summed E-state index contributed by atoms with van der Waals surface area (Å²) in [5.74, 6) is -2.94. The number of ketones is 1. The van der Waals surface area contributed by atoms with E-state index in [1.54, 1.807) is 45.0 Å². The maximum atomic E-state index is 13.8. The molecule has 40 heavy (non-hydrogen) atoms. The minimum Gasteiger partial charge on any atom is -0.463 e. The molecule has 0 radical (unpaired) electrons. The normalized spacial score (nSPS) is 16.4. The standard InChI is InChI=1S/C30H37N3O7/c1-30(2,3)40-29(38)32-23(19-21-14-9-6-10-15-21)27(36)33-17-11-16-24(33)26(35)31-22(25(34)28(37)39-4)18-20-12-7-5-8-13-20/h5-10,12-15,22-24H,11,16-19H2,1-4H3,(H,31,35)(H,32,38)/t22?,23-,24-/m0/s1. The molecule has 10 nitrogen and oxygen atoms in total. The quantitative estimate of drug-likeness (QED) is 0.343. The minimum atomic E-state index is -1.17. The first kappa shape index (κ1) is 30.3. The molecule has 3 amide bonds. The van der Waals surface area contributed by atoms with E-state index in [-0.39, 0.29) is 12.8 Å². The van der Waals surface area contributed by atoms with E-state index in [1.165, 1.54) is 4.90 Å².